The van der Waals surface area contributed by atoms with E-state index in [-0.39, 0.29) is 5.91 Å². The average molecular weight is 268 g/mol. The standard InChI is InChI=1S/C14H18ClNO2/c1-14(2)12(17)7-8-16(14)13(18)9-10-3-5-11(15)6-4-10/h3-6,12,17H,7-9H2,1-2H3. The molecular weight excluding hydrogens is 250 g/mol. The number of benzene rings is 1. The number of likely N-dealkylation sites (tertiary alicyclic amines) is 1. The molecule has 0 aromatic heterocycles. The molecule has 1 N–H and O–H groups in total. The van der Waals surface area contributed by atoms with E-state index in [9.17, 15) is 9.90 Å². The van der Waals surface area contributed by atoms with E-state index < -0.39 is 11.6 Å². The van der Waals surface area contributed by atoms with Crippen molar-refractivity contribution in [3.8, 4) is 0 Å². The zero-order valence-electron chi connectivity index (χ0n) is 10.7. The van der Waals surface area contributed by atoms with Gasteiger partial charge in [-0.2, -0.15) is 0 Å². The molecule has 1 aliphatic heterocycles. The second-order valence-electron chi connectivity index (χ2n) is 5.31. The van der Waals surface area contributed by atoms with Gasteiger partial charge < -0.3 is 10.0 Å². The normalized spacial score (nSPS) is 22.2. The first-order valence-corrected chi connectivity index (χ1v) is 6.52. The molecule has 0 saturated carbocycles. The van der Waals surface area contributed by atoms with Crippen LogP contribution >= 0.6 is 11.6 Å². The Balaban J connectivity index is 2.07. The fourth-order valence-corrected chi connectivity index (χ4v) is 2.52. The number of rotatable bonds is 2. The predicted octanol–water partition coefficient (Wildman–Crippen LogP) is 2.25. The van der Waals surface area contributed by atoms with Crippen LogP contribution in [0.1, 0.15) is 25.8 Å². The summed E-state index contributed by atoms with van der Waals surface area (Å²) in [6.45, 7) is 4.44. The zero-order valence-corrected chi connectivity index (χ0v) is 11.4. The van der Waals surface area contributed by atoms with Gasteiger partial charge in [-0.05, 0) is 38.0 Å². The van der Waals surface area contributed by atoms with Crippen molar-refractivity contribution in [2.45, 2.75) is 38.3 Å². The third-order valence-electron chi connectivity index (χ3n) is 3.71. The summed E-state index contributed by atoms with van der Waals surface area (Å²) < 4.78 is 0. The van der Waals surface area contributed by atoms with Crippen LogP contribution in [0, 0.1) is 0 Å². The van der Waals surface area contributed by atoms with E-state index in [1.165, 1.54) is 0 Å². The molecule has 1 aliphatic rings. The summed E-state index contributed by atoms with van der Waals surface area (Å²) in [6, 6.07) is 7.29. The van der Waals surface area contributed by atoms with Gasteiger partial charge in [-0.15, -0.1) is 0 Å². The Bertz CT molecular complexity index is 442. The summed E-state index contributed by atoms with van der Waals surface area (Å²) in [5.74, 6) is 0.0545. The number of amides is 1. The van der Waals surface area contributed by atoms with Gasteiger partial charge in [-0.1, -0.05) is 23.7 Å². The van der Waals surface area contributed by atoms with Crippen LogP contribution in [0.25, 0.3) is 0 Å². The summed E-state index contributed by atoms with van der Waals surface area (Å²) in [4.78, 5) is 14.0. The second-order valence-corrected chi connectivity index (χ2v) is 5.74. The van der Waals surface area contributed by atoms with Gasteiger partial charge in [0.05, 0.1) is 18.1 Å². The number of halogens is 1. The molecule has 1 fully saturated rings. The average Bonchev–Trinajstić information content (AvgIpc) is 2.57. The van der Waals surface area contributed by atoms with Crippen molar-refractivity contribution in [3.63, 3.8) is 0 Å². The van der Waals surface area contributed by atoms with Crippen molar-refractivity contribution >= 4 is 17.5 Å². The number of aliphatic hydroxyl groups is 1. The first kappa shape index (κ1) is 13.4. The highest BCUT2D eigenvalue weighted by Gasteiger charge is 2.42. The summed E-state index contributed by atoms with van der Waals surface area (Å²) in [5, 5.41) is 10.5. The topological polar surface area (TPSA) is 40.5 Å². The molecule has 0 bridgehead atoms. The molecule has 0 aliphatic carbocycles. The lowest BCUT2D eigenvalue weighted by atomic mass is 9.98. The minimum Gasteiger partial charge on any atom is -0.391 e. The van der Waals surface area contributed by atoms with Crippen molar-refractivity contribution in [3.05, 3.63) is 34.9 Å². The Hall–Kier alpha value is -1.06. The van der Waals surface area contributed by atoms with Crippen molar-refractivity contribution in [2.24, 2.45) is 0 Å². The quantitative estimate of drug-likeness (QED) is 0.893. The molecule has 1 heterocycles. The first-order valence-electron chi connectivity index (χ1n) is 6.14. The number of hydrogen-bond acceptors (Lipinski definition) is 2. The molecule has 4 heteroatoms. The van der Waals surface area contributed by atoms with Gasteiger partial charge in [-0.25, -0.2) is 0 Å². The Morgan fingerprint density at radius 3 is 2.56 bits per heavy atom. The highest BCUT2D eigenvalue weighted by Crippen LogP contribution is 2.29. The highest BCUT2D eigenvalue weighted by molar-refractivity contribution is 6.30. The molecule has 3 nitrogen and oxygen atoms in total. The maximum Gasteiger partial charge on any atom is 0.227 e. The van der Waals surface area contributed by atoms with E-state index in [1.54, 1.807) is 17.0 Å². The lowest BCUT2D eigenvalue weighted by molar-refractivity contribution is -0.135. The van der Waals surface area contributed by atoms with Crippen LogP contribution in [0.4, 0.5) is 0 Å². The summed E-state index contributed by atoms with van der Waals surface area (Å²) in [6.07, 6.45) is 0.568. The van der Waals surface area contributed by atoms with E-state index >= 15 is 0 Å². The van der Waals surface area contributed by atoms with Crippen LogP contribution in [0.3, 0.4) is 0 Å². The Morgan fingerprint density at radius 1 is 1.44 bits per heavy atom. The largest absolute Gasteiger partial charge is 0.391 e. The first-order chi connectivity index (χ1) is 8.41. The maximum atomic E-state index is 12.2. The molecule has 1 aromatic rings. The van der Waals surface area contributed by atoms with E-state index in [0.717, 1.165) is 5.56 Å². The van der Waals surface area contributed by atoms with Crippen molar-refractivity contribution in [1.29, 1.82) is 0 Å². The molecule has 1 aromatic carbocycles. The van der Waals surface area contributed by atoms with Gasteiger partial charge in [0, 0.05) is 11.6 Å². The predicted molar refractivity (Wildman–Crippen MR) is 71.6 cm³/mol. The Labute approximate surface area is 112 Å². The molecule has 0 radical (unpaired) electrons. The van der Waals surface area contributed by atoms with Crippen molar-refractivity contribution in [1.82, 2.24) is 4.90 Å². The van der Waals surface area contributed by atoms with Gasteiger partial charge in [0.2, 0.25) is 5.91 Å². The van der Waals surface area contributed by atoms with Crippen molar-refractivity contribution in [2.75, 3.05) is 6.54 Å². The third-order valence-corrected chi connectivity index (χ3v) is 3.96. The highest BCUT2D eigenvalue weighted by atomic mass is 35.5. The third kappa shape index (κ3) is 2.52. The van der Waals surface area contributed by atoms with Crippen LogP contribution < -0.4 is 0 Å². The molecule has 1 saturated heterocycles. The lowest BCUT2D eigenvalue weighted by Crippen LogP contribution is -2.48. The minimum absolute atomic E-state index is 0.0545. The van der Waals surface area contributed by atoms with Crippen LogP contribution in [0.15, 0.2) is 24.3 Å². The summed E-state index contributed by atoms with van der Waals surface area (Å²) in [5.41, 5.74) is 0.477. The fourth-order valence-electron chi connectivity index (χ4n) is 2.39. The Morgan fingerprint density at radius 2 is 2.06 bits per heavy atom. The monoisotopic (exact) mass is 267 g/mol. The second kappa shape index (κ2) is 4.90. The smallest absolute Gasteiger partial charge is 0.227 e. The van der Waals surface area contributed by atoms with Gasteiger partial charge in [-0.3, -0.25) is 4.79 Å². The van der Waals surface area contributed by atoms with Crippen LogP contribution in [0.2, 0.25) is 5.02 Å². The summed E-state index contributed by atoms with van der Waals surface area (Å²) in [7, 11) is 0. The van der Waals surface area contributed by atoms with E-state index in [0.29, 0.717) is 24.4 Å². The SMILES string of the molecule is CC1(C)C(O)CCN1C(=O)Cc1ccc(Cl)cc1. The molecule has 98 valence electrons. The van der Waals surface area contributed by atoms with Gasteiger partial charge >= 0.3 is 0 Å². The van der Waals surface area contributed by atoms with Crippen LogP contribution in [-0.2, 0) is 11.2 Å². The number of carbonyl (C=O) groups excluding carboxylic acids is 1. The number of carbonyl (C=O) groups is 1. The molecule has 2 rings (SSSR count). The number of nitrogens with zero attached hydrogens (tertiary/aromatic N) is 1. The number of aliphatic hydroxyl groups excluding tert-OH is 1. The lowest BCUT2D eigenvalue weighted by Gasteiger charge is -2.33. The van der Waals surface area contributed by atoms with E-state index in [2.05, 4.69) is 0 Å². The Kier molecular flexibility index (Phi) is 3.64. The van der Waals surface area contributed by atoms with Crippen LogP contribution in [-0.4, -0.2) is 34.1 Å². The van der Waals surface area contributed by atoms with E-state index in [1.807, 2.05) is 26.0 Å². The molecule has 18 heavy (non-hydrogen) atoms. The maximum absolute atomic E-state index is 12.2. The van der Waals surface area contributed by atoms with Gasteiger partial charge in [0.1, 0.15) is 0 Å². The molecule has 1 unspecified atom stereocenters. The van der Waals surface area contributed by atoms with Gasteiger partial charge in [0.25, 0.3) is 0 Å². The van der Waals surface area contributed by atoms with Crippen molar-refractivity contribution < 1.29 is 9.90 Å². The van der Waals surface area contributed by atoms with E-state index in [4.69, 9.17) is 11.6 Å². The molecule has 0 spiro atoms. The van der Waals surface area contributed by atoms with Gasteiger partial charge in [0.15, 0.2) is 0 Å². The molecule has 1 atom stereocenters. The van der Waals surface area contributed by atoms with Crippen LogP contribution in [0.5, 0.6) is 0 Å². The minimum atomic E-state index is -0.469. The fraction of sp³-hybridized carbons (Fsp3) is 0.500. The molecular formula is C14H18ClNO2. The zero-order chi connectivity index (χ0) is 13.3. The molecule has 1 amide bonds. The summed E-state index contributed by atoms with van der Waals surface area (Å²) >= 11 is 5.81. The number of hydrogen-bond donors (Lipinski definition) is 1.